The molecule has 134 valence electrons. The van der Waals surface area contributed by atoms with Gasteiger partial charge >= 0.3 is 0 Å². The third-order valence-corrected chi connectivity index (χ3v) is 4.00. The van der Waals surface area contributed by atoms with Gasteiger partial charge in [0.1, 0.15) is 17.2 Å². The molecule has 0 saturated heterocycles. The number of aromatic amines is 1. The molecule has 2 aromatic carbocycles. The molecule has 1 heterocycles. The van der Waals surface area contributed by atoms with Crippen molar-refractivity contribution in [2.24, 2.45) is 0 Å². The Labute approximate surface area is 155 Å². The van der Waals surface area contributed by atoms with Gasteiger partial charge in [0.2, 0.25) is 5.95 Å². The second kappa shape index (κ2) is 7.88. The first-order valence-electron chi connectivity index (χ1n) is 7.79. The Morgan fingerprint density at radius 3 is 2.46 bits per heavy atom. The fraction of sp³-hybridized carbons (Fsp3) is 0.167. The lowest BCUT2D eigenvalue weighted by Crippen LogP contribution is -2.19. The standard InChI is InChI=1S/C18H17ClN4O3/c1-25-15-10-13(16(26-2)9-12(15)19)20-18-21-17(24)14(22-23-18)8-11-6-4-3-5-7-11/h3-7,9-10H,8H2,1-2H3,(H2,20,21,23,24). The van der Waals surface area contributed by atoms with Crippen LogP contribution in [0.3, 0.4) is 0 Å². The van der Waals surface area contributed by atoms with Gasteiger partial charge in [-0.2, -0.15) is 0 Å². The lowest BCUT2D eigenvalue weighted by Gasteiger charge is -2.13. The van der Waals surface area contributed by atoms with Crippen molar-refractivity contribution >= 4 is 23.2 Å². The van der Waals surface area contributed by atoms with Crippen molar-refractivity contribution in [2.75, 3.05) is 19.5 Å². The van der Waals surface area contributed by atoms with Crippen LogP contribution in [0.4, 0.5) is 11.6 Å². The van der Waals surface area contributed by atoms with Crippen LogP contribution in [0.2, 0.25) is 5.02 Å². The number of ether oxygens (including phenoxy) is 2. The fourth-order valence-electron chi connectivity index (χ4n) is 2.41. The van der Waals surface area contributed by atoms with Crippen LogP contribution in [0.25, 0.3) is 0 Å². The maximum atomic E-state index is 12.3. The molecular formula is C18H17ClN4O3. The van der Waals surface area contributed by atoms with E-state index >= 15 is 0 Å². The number of nitrogens with one attached hydrogen (secondary N) is 2. The van der Waals surface area contributed by atoms with Crippen molar-refractivity contribution in [3.8, 4) is 11.5 Å². The molecule has 8 heteroatoms. The molecule has 7 nitrogen and oxygen atoms in total. The molecule has 0 saturated carbocycles. The average molecular weight is 373 g/mol. The normalized spacial score (nSPS) is 10.4. The summed E-state index contributed by atoms with van der Waals surface area (Å²) < 4.78 is 10.5. The molecule has 0 aliphatic carbocycles. The minimum Gasteiger partial charge on any atom is -0.495 e. The molecule has 26 heavy (non-hydrogen) atoms. The van der Waals surface area contributed by atoms with Crippen molar-refractivity contribution in [3.05, 3.63) is 69.1 Å². The van der Waals surface area contributed by atoms with Gasteiger partial charge in [-0.25, -0.2) is 0 Å². The monoisotopic (exact) mass is 372 g/mol. The highest BCUT2D eigenvalue weighted by Gasteiger charge is 2.12. The maximum absolute atomic E-state index is 12.3. The molecule has 3 aromatic rings. The molecule has 0 amide bonds. The summed E-state index contributed by atoms with van der Waals surface area (Å²) in [6.45, 7) is 0. The van der Waals surface area contributed by atoms with Crippen LogP contribution in [0.1, 0.15) is 11.3 Å². The van der Waals surface area contributed by atoms with Crippen LogP contribution in [-0.2, 0) is 6.42 Å². The van der Waals surface area contributed by atoms with Gasteiger partial charge in [0.25, 0.3) is 5.56 Å². The fourth-order valence-corrected chi connectivity index (χ4v) is 2.64. The first kappa shape index (κ1) is 17.8. The summed E-state index contributed by atoms with van der Waals surface area (Å²) >= 11 is 6.09. The number of aromatic nitrogens is 3. The predicted molar refractivity (Wildman–Crippen MR) is 99.7 cm³/mol. The van der Waals surface area contributed by atoms with E-state index in [0.717, 1.165) is 5.56 Å². The van der Waals surface area contributed by atoms with E-state index in [4.69, 9.17) is 21.1 Å². The van der Waals surface area contributed by atoms with Gasteiger partial charge < -0.3 is 14.8 Å². The highest BCUT2D eigenvalue weighted by Crippen LogP contribution is 2.36. The summed E-state index contributed by atoms with van der Waals surface area (Å²) in [6, 6.07) is 12.9. The lowest BCUT2D eigenvalue weighted by atomic mass is 10.1. The SMILES string of the molecule is COc1cc(Nc2nnc(Cc3ccccc3)c(=O)[nH]2)c(OC)cc1Cl. The summed E-state index contributed by atoms with van der Waals surface area (Å²) in [4.78, 5) is 15.0. The number of hydrogen-bond acceptors (Lipinski definition) is 6. The first-order chi connectivity index (χ1) is 12.6. The molecule has 2 N–H and O–H groups in total. The molecule has 0 spiro atoms. The number of H-pyrrole nitrogens is 1. The number of anilines is 2. The van der Waals surface area contributed by atoms with Crippen LogP contribution >= 0.6 is 11.6 Å². The zero-order valence-electron chi connectivity index (χ0n) is 14.2. The van der Waals surface area contributed by atoms with Crippen molar-refractivity contribution < 1.29 is 9.47 Å². The third kappa shape index (κ3) is 3.94. The summed E-state index contributed by atoms with van der Waals surface area (Å²) in [5, 5.41) is 11.4. The Kier molecular flexibility index (Phi) is 5.38. The van der Waals surface area contributed by atoms with Gasteiger partial charge in [-0.1, -0.05) is 41.9 Å². The minimum absolute atomic E-state index is 0.189. The minimum atomic E-state index is -0.314. The third-order valence-electron chi connectivity index (χ3n) is 3.71. The quantitative estimate of drug-likeness (QED) is 0.690. The molecular weight excluding hydrogens is 356 g/mol. The Morgan fingerprint density at radius 1 is 1.08 bits per heavy atom. The van der Waals surface area contributed by atoms with Crippen LogP contribution in [0.15, 0.2) is 47.3 Å². The first-order valence-corrected chi connectivity index (χ1v) is 8.17. The summed E-state index contributed by atoms with van der Waals surface area (Å²) in [7, 11) is 3.03. The topological polar surface area (TPSA) is 89.1 Å². The van der Waals surface area contributed by atoms with E-state index in [9.17, 15) is 4.79 Å². The molecule has 0 aliphatic heterocycles. The number of rotatable bonds is 6. The predicted octanol–water partition coefficient (Wildman–Crippen LogP) is 3.17. The number of benzene rings is 2. The molecule has 1 aromatic heterocycles. The Bertz CT molecular complexity index is 960. The number of halogens is 1. The average Bonchev–Trinajstić information content (AvgIpc) is 2.66. The van der Waals surface area contributed by atoms with Crippen molar-refractivity contribution in [2.45, 2.75) is 6.42 Å². The maximum Gasteiger partial charge on any atom is 0.274 e. The van der Waals surface area contributed by atoms with Crippen LogP contribution < -0.4 is 20.3 Å². The number of methoxy groups -OCH3 is 2. The highest BCUT2D eigenvalue weighted by atomic mass is 35.5. The van der Waals surface area contributed by atoms with Crippen molar-refractivity contribution in [1.82, 2.24) is 15.2 Å². The Hall–Kier alpha value is -3.06. The van der Waals surface area contributed by atoms with E-state index in [0.29, 0.717) is 34.3 Å². The highest BCUT2D eigenvalue weighted by molar-refractivity contribution is 6.32. The van der Waals surface area contributed by atoms with E-state index in [1.165, 1.54) is 14.2 Å². The number of nitrogens with zero attached hydrogens (tertiary/aromatic N) is 2. The van der Waals surface area contributed by atoms with E-state index in [1.54, 1.807) is 12.1 Å². The molecule has 0 aliphatic rings. The zero-order chi connectivity index (χ0) is 18.5. The Morgan fingerprint density at radius 2 is 1.81 bits per heavy atom. The lowest BCUT2D eigenvalue weighted by molar-refractivity contribution is 0.405. The van der Waals surface area contributed by atoms with E-state index in [2.05, 4.69) is 20.5 Å². The summed E-state index contributed by atoms with van der Waals surface area (Å²) in [5.41, 5.74) is 1.54. The van der Waals surface area contributed by atoms with E-state index in [1.807, 2.05) is 30.3 Å². The second-order valence-electron chi connectivity index (χ2n) is 5.42. The van der Waals surface area contributed by atoms with Crippen LogP contribution in [0, 0.1) is 0 Å². The molecule has 0 unspecified atom stereocenters. The van der Waals surface area contributed by atoms with Crippen LogP contribution in [0.5, 0.6) is 11.5 Å². The molecule has 3 rings (SSSR count). The van der Waals surface area contributed by atoms with Crippen molar-refractivity contribution in [3.63, 3.8) is 0 Å². The molecule has 0 fully saturated rings. The molecule has 0 bridgehead atoms. The van der Waals surface area contributed by atoms with Gasteiger partial charge in [-0.3, -0.25) is 9.78 Å². The summed E-state index contributed by atoms with van der Waals surface area (Å²) in [5.74, 6) is 1.13. The van der Waals surface area contributed by atoms with E-state index < -0.39 is 0 Å². The number of hydrogen-bond donors (Lipinski definition) is 2. The van der Waals surface area contributed by atoms with Gasteiger partial charge in [-0.15, -0.1) is 10.2 Å². The Balaban J connectivity index is 1.85. The molecule has 0 radical (unpaired) electrons. The molecule has 0 atom stereocenters. The van der Waals surface area contributed by atoms with Gasteiger partial charge in [0.05, 0.1) is 24.9 Å². The smallest absolute Gasteiger partial charge is 0.274 e. The van der Waals surface area contributed by atoms with Gasteiger partial charge in [0.15, 0.2) is 0 Å². The second-order valence-corrected chi connectivity index (χ2v) is 5.83. The van der Waals surface area contributed by atoms with Crippen molar-refractivity contribution in [1.29, 1.82) is 0 Å². The van der Waals surface area contributed by atoms with E-state index in [-0.39, 0.29) is 11.5 Å². The largest absolute Gasteiger partial charge is 0.495 e. The van der Waals surface area contributed by atoms with Gasteiger partial charge in [0, 0.05) is 18.6 Å². The summed E-state index contributed by atoms with van der Waals surface area (Å²) in [6.07, 6.45) is 0.404. The van der Waals surface area contributed by atoms with Crippen LogP contribution in [-0.4, -0.2) is 29.4 Å². The van der Waals surface area contributed by atoms with Gasteiger partial charge in [-0.05, 0) is 5.56 Å². The zero-order valence-corrected chi connectivity index (χ0v) is 15.0.